The molecule has 0 spiro atoms. The molecular weight excluding hydrogens is 268 g/mol. The summed E-state index contributed by atoms with van der Waals surface area (Å²) >= 11 is 0. The van der Waals surface area contributed by atoms with E-state index in [0.29, 0.717) is 24.2 Å². The Morgan fingerprint density at radius 3 is 2.33 bits per heavy atom. The summed E-state index contributed by atoms with van der Waals surface area (Å²) in [6, 6.07) is 6.70. The van der Waals surface area contributed by atoms with E-state index in [1.807, 2.05) is 0 Å². The van der Waals surface area contributed by atoms with Gasteiger partial charge in [0.15, 0.2) is 0 Å². The Morgan fingerprint density at radius 2 is 1.71 bits per heavy atom. The van der Waals surface area contributed by atoms with E-state index in [2.05, 4.69) is 10.6 Å². The lowest BCUT2D eigenvalue weighted by molar-refractivity contribution is -0.118. The quantitative estimate of drug-likeness (QED) is 0.326. The average Bonchev–Trinajstić information content (AvgIpc) is 2.45. The lowest BCUT2D eigenvalue weighted by Gasteiger charge is -2.07. The second kappa shape index (κ2) is 8.73. The molecule has 114 valence electrons. The SMILES string of the molecule is CC(=O)NCCCCCNC(=O)c1cccc(C(=N)N)c1. The lowest BCUT2D eigenvalue weighted by Crippen LogP contribution is -2.25. The molecule has 5 N–H and O–H groups in total. The number of unbranched alkanes of at least 4 members (excludes halogenated alkanes) is 2. The minimum atomic E-state index is -0.167. The second-order valence-electron chi connectivity index (χ2n) is 4.79. The highest BCUT2D eigenvalue weighted by Gasteiger charge is 2.06. The molecule has 0 aromatic heterocycles. The van der Waals surface area contributed by atoms with Crippen LogP contribution < -0.4 is 16.4 Å². The number of benzene rings is 1. The van der Waals surface area contributed by atoms with Crippen molar-refractivity contribution < 1.29 is 9.59 Å². The maximum atomic E-state index is 11.9. The molecule has 6 heteroatoms. The van der Waals surface area contributed by atoms with E-state index in [1.165, 1.54) is 6.92 Å². The molecule has 6 nitrogen and oxygen atoms in total. The van der Waals surface area contributed by atoms with Gasteiger partial charge in [-0.25, -0.2) is 0 Å². The Morgan fingerprint density at radius 1 is 1.10 bits per heavy atom. The van der Waals surface area contributed by atoms with Crippen LogP contribution >= 0.6 is 0 Å². The fourth-order valence-corrected chi connectivity index (χ4v) is 1.82. The predicted octanol–water partition coefficient (Wildman–Crippen LogP) is 1.01. The van der Waals surface area contributed by atoms with Crippen LogP contribution in [0.2, 0.25) is 0 Å². The number of amidine groups is 1. The summed E-state index contributed by atoms with van der Waals surface area (Å²) in [5.41, 5.74) is 6.43. The van der Waals surface area contributed by atoms with Crippen molar-refractivity contribution in [2.75, 3.05) is 13.1 Å². The van der Waals surface area contributed by atoms with Crippen LogP contribution in [0.1, 0.15) is 42.1 Å². The van der Waals surface area contributed by atoms with Crippen LogP contribution in [0.5, 0.6) is 0 Å². The molecule has 0 aliphatic rings. The zero-order valence-electron chi connectivity index (χ0n) is 12.2. The zero-order chi connectivity index (χ0) is 15.7. The lowest BCUT2D eigenvalue weighted by atomic mass is 10.1. The van der Waals surface area contributed by atoms with Crippen molar-refractivity contribution in [2.24, 2.45) is 5.73 Å². The predicted molar refractivity (Wildman–Crippen MR) is 82.3 cm³/mol. The van der Waals surface area contributed by atoms with Crippen LogP contribution in [-0.2, 0) is 4.79 Å². The molecule has 0 radical (unpaired) electrons. The second-order valence-corrected chi connectivity index (χ2v) is 4.79. The summed E-state index contributed by atoms with van der Waals surface area (Å²) in [5, 5.41) is 12.9. The number of amides is 2. The summed E-state index contributed by atoms with van der Waals surface area (Å²) in [6.45, 7) is 2.75. The van der Waals surface area contributed by atoms with Crippen molar-refractivity contribution in [1.82, 2.24) is 10.6 Å². The molecule has 0 saturated heterocycles. The molecular formula is C15H22N4O2. The smallest absolute Gasteiger partial charge is 0.251 e. The Balaban J connectivity index is 2.26. The molecule has 0 aliphatic heterocycles. The van der Waals surface area contributed by atoms with Gasteiger partial charge in [-0.15, -0.1) is 0 Å². The number of hydrogen-bond acceptors (Lipinski definition) is 3. The summed E-state index contributed by atoms with van der Waals surface area (Å²) in [4.78, 5) is 22.6. The van der Waals surface area contributed by atoms with Gasteiger partial charge in [0.05, 0.1) is 0 Å². The summed E-state index contributed by atoms with van der Waals surface area (Å²) in [5.74, 6) is -0.240. The molecule has 1 aromatic rings. The first-order chi connectivity index (χ1) is 10.0. The molecule has 21 heavy (non-hydrogen) atoms. The third kappa shape index (κ3) is 6.56. The van der Waals surface area contributed by atoms with Gasteiger partial charge in [-0.2, -0.15) is 0 Å². The maximum absolute atomic E-state index is 11.9. The first kappa shape index (κ1) is 16.7. The highest BCUT2D eigenvalue weighted by atomic mass is 16.2. The van der Waals surface area contributed by atoms with E-state index in [4.69, 9.17) is 11.1 Å². The molecule has 0 heterocycles. The monoisotopic (exact) mass is 290 g/mol. The minimum Gasteiger partial charge on any atom is -0.384 e. The first-order valence-corrected chi connectivity index (χ1v) is 6.98. The fraction of sp³-hybridized carbons (Fsp3) is 0.400. The number of rotatable bonds is 8. The molecule has 2 amide bonds. The van der Waals surface area contributed by atoms with E-state index in [9.17, 15) is 9.59 Å². The van der Waals surface area contributed by atoms with E-state index in [1.54, 1.807) is 24.3 Å². The third-order valence-electron chi connectivity index (χ3n) is 2.95. The van der Waals surface area contributed by atoms with Crippen LogP contribution in [0, 0.1) is 5.41 Å². The van der Waals surface area contributed by atoms with E-state index in [0.717, 1.165) is 19.3 Å². The van der Waals surface area contributed by atoms with Crippen molar-refractivity contribution in [3.8, 4) is 0 Å². The number of nitrogens with two attached hydrogens (primary N) is 1. The van der Waals surface area contributed by atoms with Crippen LogP contribution in [0.15, 0.2) is 24.3 Å². The standard InChI is InChI=1S/C15H22N4O2/c1-11(20)18-8-3-2-4-9-19-15(21)13-7-5-6-12(10-13)14(16)17/h5-7,10H,2-4,8-9H2,1H3,(H3,16,17)(H,18,20)(H,19,21). The Kier molecular flexibility index (Phi) is 6.94. The van der Waals surface area contributed by atoms with Gasteiger partial charge in [0.2, 0.25) is 5.91 Å². The highest BCUT2D eigenvalue weighted by molar-refractivity contribution is 5.99. The van der Waals surface area contributed by atoms with Gasteiger partial charge < -0.3 is 16.4 Å². The summed E-state index contributed by atoms with van der Waals surface area (Å²) < 4.78 is 0. The molecule has 0 unspecified atom stereocenters. The van der Waals surface area contributed by atoms with Crippen molar-refractivity contribution in [3.05, 3.63) is 35.4 Å². The first-order valence-electron chi connectivity index (χ1n) is 6.98. The molecule has 1 rings (SSSR count). The van der Waals surface area contributed by atoms with Gasteiger partial charge in [-0.3, -0.25) is 15.0 Å². The molecule has 0 saturated carbocycles. The van der Waals surface area contributed by atoms with Gasteiger partial charge in [0, 0.05) is 31.1 Å². The Hall–Kier alpha value is -2.37. The molecule has 0 aliphatic carbocycles. The number of nitrogen functional groups attached to an aromatic ring is 1. The minimum absolute atomic E-state index is 0.0198. The van der Waals surface area contributed by atoms with Gasteiger partial charge in [-0.1, -0.05) is 12.1 Å². The van der Waals surface area contributed by atoms with Gasteiger partial charge in [0.25, 0.3) is 5.91 Å². The van der Waals surface area contributed by atoms with Crippen LogP contribution in [0.25, 0.3) is 0 Å². The zero-order valence-corrected chi connectivity index (χ0v) is 12.2. The average molecular weight is 290 g/mol. The van der Waals surface area contributed by atoms with Gasteiger partial charge >= 0.3 is 0 Å². The van der Waals surface area contributed by atoms with Crippen LogP contribution in [-0.4, -0.2) is 30.7 Å². The molecule has 0 fully saturated rings. The van der Waals surface area contributed by atoms with Crippen LogP contribution in [0.3, 0.4) is 0 Å². The topological polar surface area (TPSA) is 108 Å². The van der Waals surface area contributed by atoms with Gasteiger partial charge in [0.1, 0.15) is 5.84 Å². The summed E-state index contributed by atoms with van der Waals surface area (Å²) in [6.07, 6.45) is 2.70. The Bertz CT molecular complexity index is 514. The largest absolute Gasteiger partial charge is 0.384 e. The Labute approximate surface area is 124 Å². The van der Waals surface area contributed by atoms with Crippen molar-refractivity contribution in [3.63, 3.8) is 0 Å². The fourth-order valence-electron chi connectivity index (χ4n) is 1.82. The number of carbonyl (C=O) groups excluding carboxylic acids is 2. The maximum Gasteiger partial charge on any atom is 0.251 e. The number of hydrogen-bond donors (Lipinski definition) is 4. The van der Waals surface area contributed by atoms with E-state index < -0.39 is 0 Å². The van der Waals surface area contributed by atoms with Crippen molar-refractivity contribution in [1.29, 1.82) is 5.41 Å². The van der Waals surface area contributed by atoms with E-state index in [-0.39, 0.29) is 17.6 Å². The molecule has 0 atom stereocenters. The highest BCUT2D eigenvalue weighted by Crippen LogP contribution is 2.04. The normalized spacial score (nSPS) is 9.95. The third-order valence-corrected chi connectivity index (χ3v) is 2.95. The molecule has 0 bridgehead atoms. The summed E-state index contributed by atoms with van der Waals surface area (Å²) in [7, 11) is 0. The van der Waals surface area contributed by atoms with Crippen molar-refractivity contribution >= 4 is 17.6 Å². The van der Waals surface area contributed by atoms with E-state index >= 15 is 0 Å². The molecule has 1 aromatic carbocycles. The van der Waals surface area contributed by atoms with Crippen LogP contribution in [0.4, 0.5) is 0 Å². The number of nitrogens with one attached hydrogen (secondary N) is 3. The van der Waals surface area contributed by atoms with Crippen molar-refractivity contribution in [2.45, 2.75) is 26.2 Å². The number of carbonyl (C=O) groups is 2. The van der Waals surface area contributed by atoms with Gasteiger partial charge in [-0.05, 0) is 31.4 Å².